The van der Waals surface area contributed by atoms with Gasteiger partial charge in [0.15, 0.2) is 5.82 Å². The minimum absolute atomic E-state index is 0.0399. The third-order valence-electron chi connectivity index (χ3n) is 4.23. The van der Waals surface area contributed by atoms with Crippen molar-refractivity contribution in [1.82, 2.24) is 10.2 Å². The fraction of sp³-hybridized carbons (Fsp3) is 0.412. The van der Waals surface area contributed by atoms with Gasteiger partial charge in [0.2, 0.25) is 0 Å². The van der Waals surface area contributed by atoms with Crippen molar-refractivity contribution in [2.45, 2.75) is 32.2 Å². The molecular weight excluding hydrogens is 260 g/mol. The van der Waals surface area contributed by atoms with Crippen molar-refractivity contribution < 1.29 is 0 Å². The Kier molecular flexibility index (Phi) is 3.64. The van der Waals surface area contributed by atoms with Gasteiger partial charge in [-0.3, -0.25) is 0 Å². The van der Waals surface area contributed by atoms with Crippen molar-refractivity contribution in [2.75, 3.05) is 18.0 Å². The van der Waals surface area contributed by atoms with E-state index in [2.05, 4.69) is 47.1 Å². The van der Waals surface area contributed by atoms with Crippen molar-refractivity contribution in [1.29, 1.82) is 0 Å². The number of rotatable bonds is 2. The van der Waals surface area contributed by atoms with Gasteiger partial charge in [-0.05, 0) is 38.3 Å². The summed E-state index contributed by atoms with van der Waals surface area (Å²) in [5.41, 5.74) is 9.36. The van der Waals surface area contributed by atoms with Crippen LogP contribution in [-0.2, 0) is 0 Å². The highest BCUT2D eigenvalue weighted by atomic mass is 15.3. The molecule has 1 aromatic heterocycles. The van der Waals surface area contributed by atoms with Crippen LogP contribution in [0.25, 0.3) is 11.3 Å². The summed E-state index contributed by atoms with van der Waals surface area (Å²) in [6, 6.07) is 12.3. The van der Waals surface area contributed by atoms with Gasteiger partial charge in [-0.2, -0.15) is 0 Å². The number of benzene rings is 1. The number of nitrogens with two attached hydrogens (primary N) is 1. The highest BCUT2D eigenvalue weighted by Crippen LogP contribution is 2.26. The normalized spacial score (nSPS) is 17.8. The van der Waals surface area contributed by atoms with Crippen LogP contribution in [0.1, 0.15) is 25.3 Å². The number of hydrogen-bond acceptors (Lipinski definition) is 4. The molecule has 1 saturated heterocycles. The van der Waals surface area contributed by atoms with Gasteiger partial charge in [-0.1, -0.05) is 30.3 Å². The van der Waals surface area contributed by atoms with E-state index in [1.54, 1.807) is 0 Å². The first kappa shape index (κ1) is 14.0. The number of aromatic nitrogens is 2. The monoisotopic (exact) mass is 282 g/mol. The topological polar surface area (TPSA) is 55.0 Å². The first-order valence-electron chi connectivity index (χ1n) is 7.49. The molecule has 1 aromatic carbocycles. The number of nitrogens with zero attached hydrogens (tertiary/aromatic N) is 3. The summed E-state index contributed by atoms with van der Waals surface area (Å²) in [6.45, 7) is 6.13. The summed E-state index contributed by atoms with van der Waals surface area (Å²) in [5, 5.41) is 8.86. The SMILES string of the molecule is Cc1cc(-c2ccccc2)nnc1N1CCC(C)(N)CC1. The summed E-state index contributed by atoms with van der Waals surface area (Å²) in [4.78, 5) is 2.30. The van der Waals surface area contributed by atoms with Gasteiger partial charge in [-0.15, -0.1) is 10.2 Å². The highest BCUT2D eigenvalue weighted by molar-refractivity contribution is 5.61. The third-order valence-corrected chi connectivity index (χ3v) is 4.23. The molecule has 1 fully saturated rings. The zero-order valence-electron chi connectivity index (χ0n) is 12.7. The van der Waals surface area contributed by atoms with Crippen molar-refractivity contribution in [3.05, 3.63) is 42.0 Å². The van der Waals surface area contributed by atoms with Crippen molar-refractivity contribution in [2.24, 2.45) is 5.73 Å². The summed E-state index contributed by atoms with van der Waals surface area (Å²) in [7, 11) is 0. The predicted octanol–water partition coefficient (Wildman–Crippen LogP) is 2.77. The van der Waals surface area contributed by atoms with Crippen LogP contribution < -0.4 is 10.6 Å². The van der Waals surface area contributed by atoms with Crippen LogP contribution in [0.4, 0.5) is 5.82 Å². The quantitative estimate of drug-likeness (QED) is 0.920. The Morgan fingerprint density at radius 3 is 2.38 bits per heavy atom. The molecule has 0 radical (unpaired) electrons. The molecule has 4 heteroatoms. The average molecular weight is 282 g/mol. The van der Waals surface area contributed by atoms with Gasteiger partial charge < -0.3 is 10.6 Å². The van der Waals surface area contributed by atoms with Crippen LogP contribution in [0.2, 0.25) is 0 Å². The van der Waals surface area contributed by atoms with E-state index in [1.165, 1.54) is 5.56 Å². The zero-order valence-corrected chi connectivity index (χ0v) is 12.7. The van der Waals surface area contributed by atoms with Crippen molar-refractivity contribution >= 4 is 5.82 Å². The molecule has 110 valence electrons. The Bertz CT molecular complexity index is 612. The maximum atomic E-state index is 6.19. The van der Waals surface area contributed by atoms with Crippen LogP contribution in [-0.4, -0.2) is 28.8 Å². The molecule has 3 rings (SSSR count). The Morgan fingerprint density at radius 2 is 1.76 bits per heavy atom. The van der Waals surface area contributed by atoms with Gasteiger partial charge in [0.1, 0.15) is 0 Å². The molecule has 0 atom stereocenters. The van der Waals surface area contributed by atoms with E-state index < -0.39 is 0 Å². The Morgan fingerprint density at radius 1 is 1.10 bits per heavy atom. The van der Waals surface area contributed by atoms with E-state index in [-0.39, 0.29) is 5.54 Å². The number of aryl methyl sites for hydroxylation is 1. The maximum absolute atomic E-state index is 6.19. The van der Waals surface area contributed by atoms with Crippen LogP contribution in [0, 0.1) is 6.92 Å². The molecule has 1 aliphatic rings. The van der Waals surface area contributed by atoms with Gasteiger partial charge >= 0.3 is 0 Å². The lowest BCUT2D eigenvalue weighted by Crippen LogP contribution is -2.48. The minimum atomic E-state index is -0.0399. The lowest BCUT2D eigenvalue weighted by atomic mass is 9.91. The third kappa shape index (κ3) is 3.05. The summed E-state index contributed by atoms with van der Waals surface area (Å²) in [6.07, 6.45) is 1.99. The Hall–Kier alpha value is -1.94. The molecule has 0 saturated carbocycles. The van der Waals surface area contributed by atoms with Gasteiger partial charge in [-0.25, -0.2) is 0 Å². The molecule has 2 aromatic rings. The smallest absolute Gasteiger partial charge is 0.154 e. The fourth-order valence-electron chi connectivity index (χ4n) is 2.77. The largest absolute Gasteiger partial charge is 0.355 e. The molecule has 0 amide bonds. The van der Waals surface area contributed by atoms with Crippen LogP contribution in [0.3, 0.4) is 0 Å². The second-order valence-electron chi connectivity index (χ2n) is 6.24. The number of hydrogen-bond donors (Lipinski definition) is 1. The summed E-state index contributed by atoms with van der Waals surface area (Å²) < 4.78 is 0. The van der Waals surface area contributed by atoms with E-state index in [0.29, 0.717) is 0 Å². The fourth-order valence-corrected chi connectivity index (χ4v) is 2.77. The van der Waals surface area contributed by atoms with Crippen LogP contribution >= 0.6 is 0 Å². The highest BCUT2D eigenvalue weighted by Gasteiger charge is 2.27. The molecule has 4 nitrogen and oxygen atoms in total. The first-order valence-corrected chi connectivity index (χ1v) is 7.49. The summed E-state index contributed by atoms with van der Waals surface area (Å²) in [5.74, 6) is 0.991. The first-order chi connectivity index (χ1) is 10.1. The molecule has 0 bridgehead atoms. The molecule has 21 heavy (non-hydrogen) atoms. The predicted molar refractivity (Wildman–Crippen MR) is 86.2 cm³/mol. The van der Waals surface area contributed by atoms with E-state index in [0.717, 1.165) is 43.0 Å². The van der Waals surface area contributed by atoms with E-state index in [4.69, 9.17) is 5.73 Å². The zero-order chi connectivity index (χ0) is 14.9. The Labute approximate surface area is 126 Å². The van der Waals surface area contributed by atoms with E-state index >= 15 is 0 Å². The maximum Gasteiger partial charge on any atom is 0.154 e. The van der Waals surface area contributed by atoms with E-state index in [1.807, 2.05) is 18.2 Å². The average Bonchev–Trinajstić information content (AvgIpc) is 2.49. The minimum Gasteiger partial charge on any atom is -0.355 e. The second-order valence-corrected chi connectivity index (χ2v) is 6.24. The Balaban J connectivity index is 1.83. The van der Waals surface area contributed by atoms with Crippen LogP contribution in [0.15, 0.2) is 36.4 Å². The van der Waals surface area contributed by atoms with Gasteiger partial charge in [0.05, 0.1) is 5.69 Å². The van der Waals surface area contributed by atoms with Gasteiger partial charge in [0.25, 0.3) is 0 Å². The molecule has 0 aliphatic carbocycles. The van der Waals surface area contributed by atoms with Gasteiger partial charge in [0, 0.05) is 24.2 Å². The lowest BCUT2D eigenvalue weighted by Gasteiger charge is -2.37. The molecule has 0 spiro atoms. The lowest BCUT2D eigenvalue weighted by molar-refractivity contribution is 0.362. The molecule has 1 aliphatic heterocycles. The molecule has 2 N–H and O–H groups in total. The standard InChI is InChI=1S/C17H22N4/c1-13-12-15(14-6-4-3-5-7-14)19-20-16(13)21-10-8-17(2,18)9-11-21/h3-7,12H,8-11,18H2,1-2H3. The molecule has 2 heterocycles. The molecular formula is C17H22N4. The second kappa shape index (κ2) is 5.45. The number of anilines is 1. The van der Waals surface area contributed by atoms with E-state index in [9.17, 15) is 0 Å². The number of piperidine rings is 1. The molecule has 0 unspecified atom stereocenters. The van der Waals surface area contributed by atoms with Crippen molar-refractivity contribution in [3.8, 4) is 11.3 Å². The van der Waals surface area contributed by atoms with Crippen molar-refractivity contribution in [3.63, 3.8) is 0 Å². The van der Waals surface area contributed by atoms with Crippen LogP contribution in [0.5, 0.6) is 0 Å². The summed E-state index contributed by atoms with van der Waals surface area (Å²) >= 11 is 0.